The summed E-state index contributed by atoms with van der Waals surface area (Å²) in [6.45, 7) is 6.77. The van der Waals surface area contributed by atoms with E-state index in [0.29, 0.717) is 24.6 Å². The highest BCUT2D eigenvalue weighted by Gasteiger charge is 2.26. The molecular weight excluding hydrogens is 270 g/mol. The van der Waals surface area contributed by atoms with Gasteiger partial charge in [-0.3, -0.25) is 5.32 Å². The van der Waals surface area contributed by atoms with Crippen molar-refractivity contribution in [1.82, 2.24) is 0 Å². The third-order valence-electron chi connectivity index (χ3n) is 3.19. The van der Waals surface area contributed by atoms with Crippen LogP contribution in [-0.2, 0) is 4.74 Å². The zero-order chi connectivity index (χ0) is 15.4. The number of nitrogens with zero attached hydrogens (tertiary/aromatic N) is 2. The van der Waals surface area contributed by atoms with Crippen LogP contribution in [0.15, 0.2) is 30.4 Å². The summed E-state index contributed by atoms with van der Waals surface area (Å²) in [5.41, 5.74) is 2.09. The van der Waals surface area contributed by atoms with Crippen molar-refractivity contribution in [3.05, 3.63) is 30.4 Å². The number of nitriles is 1. The van der Waals surface area contributed by atoms with Crippen LogP contribution in [0.25, 0.3) is 0 Å². The maximum Gasteiger partial charge on any atom is 0.411 e. The van der Waals surface area contributed by atoms with E-state index in [9.17, 15) is 10.1 Å². The first-order valence-corrected chi connectivity index (χ1v) is 6.50. The standard InChI is InChI=1S/C15H17N3O3/c1-10(2)13(9-16)18-6-7-21-14-5-4-11(8-12(14)18)17-15(19)20-3/h4-5,8,13H,1,6-7H2,2-3H3,(H,17,19). The monoisotopic (exact) mass is 287 g/mol. The lowest BCUT2D eigenvalue weighted by Gasteiger charge is -2.35. The summed E-state index contributed by atoms with van der Waals surface area (Å²) in [5.74, 6) is 0.679. The van der Waals surface area contributed by atoms with Crippen molar-refractivity contribution < 1.29 is 14.3 Å². The first-order chi connectivity index (χ1) is 10.1. The number of anilines is 2. The molecule has 1 heterocycles. The molecule has 6 heteroatoms. The zero-order valence-electron chi connectivity index (χ0n) is 12.0. The number of fused-ring (bicyclic) bond motifs is 1. The highest BCUT2D eigenvalue weighted by molar-refractivity contribution is 5.86. The van der Waals surface area contributed by atoms with Gasteiger partial charge in [-0.05, 0) is 30.7 Å². The fourth-order valence-electron chi connectivity index (χ4n) is 2.20. The first-order valence-electron chi connectivity index (χ1n) is 6.50. The zero-order valence-corrected chi connectivity index (χ0v) is 12.0. The molecule has 1 N–H and O–H groups in total. The molecule has 6 nitrogen and oxygen atoms in total. The Kier molecular flexibility index (Phi) is 4.33. The topological polar surface area (TPSA) is 74.6 Å². The van der Waals surface area contributed by atoms with E-state index in [4.69, 9.17) is 4.74 Å². The Morgan fingerprint density at radius 1 is 1.62 bits per heavy atom. The lowest BCUT2D eigenvalue weighted by Crippen LogP contribution is -2.41. The van der Waals surface area contributed by atoms with Gasteiger partial charge in [-0.25, -0.2) is 4.79 Å². The van der Waals surface area contributed by atoms with Crippen LogP contribution in [0, 0.1) is 11.3 Å². The van der Waals surface area contributed by atoms with Gasteiger partial charge in [0.05, 0.1) is 25.4 Å². The molecule has 0 aromatic heterocycles. The molecule has 1 atom stereocenters. The van der Waals surface area contributed by atoms with Gasteiger partial charge in [0.2, 0.25) is 0 Å². The SMILES string of the molecule is C=C(C)C(C#N)N1CCOc2ccc(NC(=O)OC)cc21. The van der Waals surface area contributed by atoms with E-state index in [2.05, 4.69) is 22.7 Å². The fraction of sp³-hybridized carbons (Fsp3) is 0.333. The number of ether oxygens (including phenoxy) is 2. The number of nitrogens with one attached hydrogen (secondary N) is 1. The fourth-order valence-corrected chi connectivity index (χ4v) is 2.20. The molecule has 21 heavy (non-hydrogen) atoms. The summed E-state index contributed by atoms with van der Waals surface area (Å²) in [6, 6.07) is 7.06. The number of amides is 1. The minimum Gasteiger partial charge on any atom is -0.490 e. The van der Waals surface area contributed by atoms with Crippen LogP contribution in [0.3, 0.4) is 0 Å². The molecule has 2 rings (SSSR count). The van der Waals surface area contributed by atoms with Crippen molar-refractivity contribution in [3.63, 3.8) is 0 Å². The highest BCUT2D eigenvalue weighted by atomic mass is 16.5. The number of rotatable bonds is 3. The molecule has 1 unspecified atom stereocenters. The summed E-state index contributed by atoms with van der Waals surface area (Å²) >= 11 is 0. The van der Waals surface area contributed by atoms with E-state index in [-0.39, 0.29) is 0 Å². The van der Waals surface area contributed by atoms with Gasteiger partial charge in [-0.2, -0.15) is 5.26 Å². The number of methoxy groups -OCH3 is 1. The Morgan fingerprint density at radius 3 is 3.00 bits per heavy atom. The van der Waals surface area contributed by atoms with E-state index in [0.717, 1.165) is 11.3 Å². The number of carbonyl (C=O) groups is 1. The number of benzene rings is 1. The van der Waals surface area contributed by atoms with Gasteiger partial charge >= 0.3 is 6.09 Å². The molecule has 1 aromatic carbocycles. The molecule has 0 radical (unpaired) electrons. The van der Waals surface area contributed by atoms with Gasteiger partial charge in [-0.1, -0.05) is 6.58 Å². The van der Waals surface area contributed by atoms with Crippen molar-refractivity contribution in [1.29, 1.82) is 5.26 Å². The van der Waals surface area contributed by atoms with Crippen LogP contribution in [0.4, 0.5) is 16.2 Å². The summed E-state index contributed by atoms with van der Waals surface area (Å²) < 4.78 is 10.2. The molecule has 0 aliphatic carbocycles. The Labute approximate surface area is 123 Å². The van der Waals surface area contributed by atoms with Crippen molar-refractivity contribution in [2.75, 3.05) is 30.5 Å². The predicted molar refractivity (Wildman–Crippen MR) is 79.5 cm³/mol. The van der Waals surface area contributed by atoms with Gasteiger partial charge < -0.3 is 14.4 Å². The number of hydrogen-bond donors (Lipinski definition) is 1. The molecule has 1 amide bonds. The summed E-state index contributed by atoms with van der Waals surface area (Å²) in [6.07, 6.45) is -0.546. The maximum absolute atomic E-state index is 11.3. The second kappa shape index (κ2) is 6.18. The molecule has 0 fully saturated rings. The molecule has 0 saturated heterocycles. The quantitative estimate of drug-likeness (QED) is 0.865. The average molecular weight is 287 g/mol. The molecule has 1 aromatic rings. The molecule has 1 aliphatic heterocycles. The van der Waals surface area contributed by atoms with E-state index >= 15 is 0 Å². The Morgan fingerprint density at radius 2 is 2.38 bits per heavy atom. The molecule has 0 spiro atoms. The summed E-state index contributed by atoms with van der Waals surface area (Å²) in [5, 5.41) is 11.9. The summed E-state index contributed by atoms with van der Waals surface area (Å²) in [7, 11) is 1.30. The van der Waals surface area contributed by atoms with E-state index in [1.165, 1.54) is 7.11 Å². The van der Waals surface area contributed by atoms with Crippen molar-refractivity contribution >= 4 is 17.5 Å². The first kappa shape index (κ1) is 14.7. The van der Waals surface area contributed by atoms with Crippen molar-refractivity contribution in [2.45, 2.75) is 13.0 Å². The van der Waals surface area contributed by atoms with Gasteiger partial charge in [0.25, 0.3) is 0 Å². The van der Waals surface area contributed by atoms with Crippen molar-refractivity contribution in [3.8, 4) is 11.8 Å². The van der Waals surface area contributed by atoms with E-state index < -0.39 is 12.1 Å². The molecular formula is C15H17N3O3. The van der Waals surface area contributed by atoms with Crippen LogP contribution in [0.1, 0.15) is 6.92 Å². The minimum atomic E-state index is -0.546. The smallest absolute Gasteiger partial charge is 0.411 e. The largest absolute Gasteiger partial charge is 0.490 e. The number of carbonyl (C=O) groups excluding carboxylic acids is 1. The normalized spacial score (nSPS) is 14.2. The molecule has 0 bridgehead atoms. The van der Waals surface area contributed by atoms with E-state index in [1.54, 1.807) is 18.2 Å². The molecule has 110 valence electrons. The average Bonchev–Trinajstić information content (AvgIpc) is 2.48. The molecule has 0 saturated carbocycles. The Bertz CT molecular complexity index is 607. The van der Waals surface area contributed by atoms with Crippen LogP contribution < -0.4 is 15.0 Å². The maximum atomic E-state index is 11.3. The summed E-state index contributed by atoms with van der Waals surface area (Å²) in [4.78, 5) is 13.2. The van der Waals surface area contributed by atoms with Gasteiger partial charge in [-0.15, -0.1) is 0 Å². The van der Waals surface area contributed by atoms with Crippen LogP contribution in [-0.4, -0.2) is 32.4 Å². The van der Waals surface area contributed by atoms with Crippen molar-refractivity contribution in [2.24, 2.45) is 0 Å². The van der Waals surface area contributed by atoms with Gasteiger partial charge in [0.1, 0.15) is 18.4 Å². The highest BCUT2D eigenvalue weighted by Crippen LogP contribution is 2.36. The Hall–Kier alpha value is -2.68. The van der Waals surface area contributed by atoms with Crippen LogP contribution in [0.2, 0.25) is 0 Å². The second-order valence-electron chi connectivity index (χ2n) is 4.72. The minimum absolute atomic E-state index is 0.430. The van der Waals surface area contributed by atoms with Gasteiger partial charge in [0.15, 0.2) is 0 Å². The van der Waals surface area contributed by atoms with Crippen LogP contribution in [0.5, 0.6) is 5.75 Å². The lowest BCUT2D eigenvalue weighted by atomic mass is 10.1. The Balaban J connectivity index is 2.36. The number of hydrogen-bond acceptors (Lipinski definition) is 5. The lowest BCUT2D eigenvalue weighted by molar-refractivity contribution is 0.187. The predicted octanol–water partition coefficient (Wildman–Crippen LogP) is 2.53. The third-order valence-corrected chi connectivity index (χ3v) is 3.19. The van der Waals surface area contributed by atoms with Gasteiger partial charge in [0, 0.05) is 5.69 Å². The third kappa shape index (κ3) is 3.08. The van der Waals surface area contributed by atoms with Crippen LogP contribution >= 0.6 is 0 Å². The second-order valence-corrected chi connectivity index (χ2v) is 4.72. The molecule has 1 aliphatic rings. The van der Waals surface area contributed by atoms with E-state index in [1.807, 2.05) is 11.8 Å².